The summed E-state index contributed by atoms with van der Waals surface area (Å²) in [7, 11) is 0. The highest BCUT2D eigenvalue weighted by Gasteiger charge is 2.12. The highest BCUT2D eigenvalue weighted by molar-refractivity contribution is 5.98. The number of carbonyl (C=O) groups is 1. The Balaban J connectivity index is 1.39. The number of benzene rings is 5. The van der Waals surface area contributed by atoms with Crippen molar-refractivity contribution in [1.29, 1.82) is 5.26 Å². The summed E-state index contributed by atoms with van der Waals surface area (Å²) in [5, 5.41) is 19.7. The van der Waals surface area contributed by atoms with E-state index in [0.717, 1.165) is 50.2 Å². The SMILES string of the molecule is N#C/C(=C\c1ccc2c(c1)c(/C=C/C=C(c1ccccc1)c1ccccc1)cn2-c1ccc(OCc2ccccc2)cc1)C(=O)O. The molecule has 0 spiro atoms. The summed E-state index contributed by atoms with van der Waals surface area (Å²) in [4.78, 5) is 11.5. The molecule has 0 aliphatic rings. The molecule has 0 aliphatic heterocycles. The van der Waals surface area contributed by atoms with E-state index in [-0.39, 0.29) is 5.57 Å². The number of hydrogen-bond donors (Lipinski definition) is 1. The topological polar surface area (TPSA) is 75.2 Å². The fourth-order valence-electron chi connectivity index (χ4n) is 5.30. The van der Waals surface area contributed by atoms with Gasteiger partial charge in [0.1, 0.15) is 24.0 Å². The van der Waals surface area contributed by atoms with Crippen LogP contribution in [0.2, 0.25) is 0 Å². The molecule has 0 bridgehead atoms. The maximum absolute atomic E-state index is 11.5. The summed E-state index contributed by atoms with van der Waals surface area (Å²) in [5.74, 6) is -0.483. The van der Waals surface area contributed by atoms with Crippen molar-refractivity contribution in [2.24, 2.45) is 0 Å². The molecule has 222 valence electrons. The average molecular weight is 599 g/mol. The number of allylic oxidation sites excluding steroid dienone is 2. The summed E-state index contributed by atoms with van der Waals surface area (Å²) < 4.78 is 8.10. The van der Waals surface area contributed by atoms with E-state index in [2.05, 4.69) is 47.2 Å². The lowest BCUT2D eigenvalue weighted by atomic mass is 9.97. The van der Waals surface area contributed by atoms with Gasteiger partial charge < -0.3 is 14.4 Å². The molecule has 5 aromatic carbocycles. The number of rotatable bonds is 10. The van der Waals surface area contributed by atoms with Gasteiger partial charge in [-0.3, -0.25) is 0 Å². The van der Waals surface area contributed by atoms with E-state index in [4.69, 9.17) is 4.74 Å². The van der Waals surface area contributed by atoms with Gasteiger partial charge in [0.25, 0.3) is 0 Å². The molecule has 0 radical (unpaired) electrons. The van der Waals surface area contributed by atoms with Gasteiger partial charge in [0.2, 0.25) is 0 Å². The first-order valence-electron chi connectivity index (χ1n) is 14.9. The average Bonchev–Trinajstić information content (AvgIpc) is 3.47. The number of aliphatic carboxylic acids is 1. The lowest BCUT2D eigenvalue weighted by Gasteiger charge is -2.09. The highest BCUT2D eigenvalue weighted by atomic mass is 16.5. The molecule has 1 aromatic heterocycles. The van der Waals surface area contributed by atoms with Gasteiger partial charge in [-0.05, 0) is 70.3 Å². The van der Waals surface area contributed by atoms with Gasteiger partial charge in [-0.15, -0.1) is 0 Å². The Morgan fingerprint density at radius 1 is 0.804 bits per heavy atom. The van der Waals surface area contributed by atoms with Crippen LogP contribution in [0.25, 0.3) is 34.3 Å². The largest absolute Gasteiger partial charge is 0.489 e. The molecular formula is C41H30N2O3. The van der Waals surface area contributed by atoms with Crippen LogP contribution in [0.15, 0.2) is 157 Å². The third-order valence-electron chi connectivity index (χ3n) is 7.59. The maximum atomic E-state index is 11.5. The third-order valence-corrected chi connectivity index (χ3v) is 7.59. The smallest absolute Gasteiger partial charge is 0.346 e. The van der Waals surface area contributed by atoms with E-state index in [1.807, 2.05) is 115 Å². The lowest BCUT2D eigenvalue weighted by Crippen LogP contribution is -1.97. The second-order valence-electron chi connectivity index (χ2n) is 10.6. The monoisotopic (exact) mass is 598 g/mol. The molecule has 1 heterocycles. The molecule has 0 atom stereocenters. The van der Waals surface area contributed by atoms with Gasteiger partial charge in [0, 0.05) is 22.8 Å². The van der Waals surface area contributed by atoms with Crippen LogP contribution in [0.5, 0.6) is 5.75 Å². The zero-order valence-corrected chi connectivity index (χ0v) is 25.0. The second kappa shape index (κ2) is 13.9. The van der Waals surface area contributed by atoms with Gasteiger partial charge >= 0.3 is 5.97 Å². The van der Waals surface area contributed by atoms with Gasteiger partial charge in [-0.2, -0.15) is 5.26 Å². The molecule has 1 N–H and O–H groups in total. The molecule has 0 unspecified atom stereocenters. The zero-order valence-electron chi connectivity index (χ0n) is 25.0. The van der Waals surface area contributed by atoms with Crippen molar-refractivity contribution in [3.8, 4) is 17.5 Å². The van der Waals surface area contributed by atoms with E-state index in [9.17, 15) is 15.2 Å². The van der Waals surface area contributed by atoms with Crippen LogP contribution in [0, 0.1) is 11.3 Å². The molecule has 0 saturated heterocycles. The summed E-state index contributed by atoms with van der Waals surface area (Å²) >= 11 is 0. The minimum atomic E-state index is -1.26. The summed E-state index contributed by atoms with van der Waals surface area (Å²) in [5.41, 5.74) is 7.57. The summed E-state index contributed by atoms with van der Waals surface area (Å²) in [6.45, 7) is 0.486. The van der Waals surface area contributed by atoms with E-state index < -0.39 is 5.97 Å². The van der Waals surface area contributed by atoms with E-state index in [0.29, 0.717) is 12.2 Å². The first-order valence-corrected chi connectivity index (χ1v) is 14.9. The predicted octanol–water partition coefficient (Wildman–Crippen LogP) is 9.35. The number of carboxylic acids is 1. The van der Waals surface area contributed by atoms with Crippen LogP contribution in [0.3, 0.4) is 0 Å². The number of aromatic nitrogens is 1. The molecule has 5 nitrogen and oxygen atoms in total. The van der Waals surface area contributed by atoms with Crippen molar-refractivity contribution in [3.63, 3.8) is 0 Å². The Hall–Kier alpha value is -6.38. The number of ether oxygens (including phenoxy) is 1. The Kier molecular flexibility index (Phi) is 8.99. The van der Waals surface area contributed by atoms with Gasteiger partial charge in [0.05, 0.1) is 5.52 Å². The fraction of sp³-hybridized carbons (Fsp3) is 0.0244. The van der Waals surface area contributed by atoms with Crippen molar-refractivity contribution in [3.05, 3.63) is 185 Å². The molecule has 0 aliphatic carbocycles. The normalized spacial score (nSPS) is 11.3. The molecule has 6 aromatic rings. The highest BCUT2D eigenvalue weighted by Crippen LogP contribution is 2.30. The Morgan fingerprint density at radius 3 is 2.04 bits per heavy atom. The minimum Gasteiger partial charge on any atom is -0.489 e. The van der Waals surface area contributed by atoms with E-state index in [1.165, 1.54) is 6.08 Å². The van der Waals surface area contributed by atoms with Crippen molar-refractivity contribution >= 4 is 34.6 Å². The van der Waals surface area contributed by atoms with Crippen molar-refractivity contribution in [2.45, 2.75) is 6.61 Å². The van der Waals surface area contributed by atoms with Crippen molar-refractivity contribution < 1.29 is 14.6 Å². The molecule has 6 rings (SSSR count). The number of fused-ring (bicyclic) bond motifs is 1. The summed E-state index contributed by atoms with van der Waals surface area (Å²) in [6, 6.07) is 46.0. The van der Waals surface area contributed by atoms with E-state index >= 15 is 0 Å². The van der Waals surface area contributed by atoms with Gasteiger partial charge in [0.15, 0.2) is 0 Å². The lowest BCUT2D eigenvalue weighted by molar-refractivity contribution is -0.132. The molecule has 5 heteroatoms. The number of nitrogens with zero attached hydrogens (tertiary/aromatic N) is 2. The standard InChI is InChI=1S/C41H30N2O3/c42-27-35(41(44)45)25-31-19-24-40-39(26-31)34(17-10-18-38(32-13-6-2-7-14-32)33-15-8-3-9-16-33)28-43(40)36-20-22-37(23-21-36)46-29-30-11-4-1-5-12-30/h1-26,28H,29H2,(H,44,45)/b17-10+,35-25+. The second-order valence-corrected chi connectivity index (χ2v) is 10.6. The van der Waals surface area contributed by atoms with Crippen LogP contribution >= 0.6 is 0 Å². The van der Waals surface area contributed by atoms with Gasteiger partial charge in [-0.25, -0.2) is 4.79 Å². The third kappa shape index (κ3) is 6.88. The van der Waals surface area contributed by atoms with Crippen LogP contribution < -0.4 is 4.74 Å². The van der Waals surface area contributed by atoms with Crippen LogP contribution in [-0.2, 0) is 11.4 Å². The molecule has 46 heavy (non-hydrogen) atoms. The quantitative estimate of drug-likeness (QED) is 0.0969. The Morgan fingerprint density at radius 2 is 1.43 bits per heavy atom. The van der Waals surface area contributed by atoms with Crippen LogP contribution in [0.1, 0.15) is 27.8 Å². The predicted molar refractivity (Wildman–Crippen MR) is 184 cm³/mol. The number of nitriles is 1. The number of hydrogen-bond acceptors (Lipinski definition) is 3. The fourth-order valence-corrected chi connectivity index (χ4v) is 5.30. The first-order chi connectivity index (χ1) is 22.6. The van der Waals surface area contributed by atoms with Crippen molar-refractivity contribution in [1.82, 2.24) is 4.57 Å². The molecule has 0 fully saturated rings. The Labute approximate surface area is 267 Å². The van der Waals surface area contributed by atoms with Crippen LogP contribution in [-0.4, -0.2) is 15.6 Å². The summed E-state index contributed by atoms with van der Waals surface area (Å²) in [6.07, 6.45) is 9.66. The van der Waals surface area contributed by atoms with E-state index in [1.54, 1.807) is 6.07 Å². The minimum absolute atomic E-state index is 0.319. The molecular weight excluding hydrogens is 568 g/mol. The Bertz CT molecular complexity index is 2060. The van der Waals surface area contributed by atoms with Gasteiger partial charge in [-0.1, -0.05) is 115 Å². The number of carboxylic acid groups (broad SMARTS) is 1. The molecule has 0 saturated carbocycles. The van der Waals surface area contributed by atoms with Crippen LogP contribution in [0.4, 0.5) is 0 Å². The van der Waals surface area contributed by atoms with Crippen molar-refractivity contribution in [2.75, 3.05) is 0 Å². The maximum Gasteiger partial charge on any atom is 0.346 e. The molecule has 0 amide bonds. The zero-order chi connectivity index (χ0) is 31.7. The first kappa shape index (κ1) is 29.7.